The van der Waals surface area contributed by atoms with E-state index in [1.165, 1.54) is 19.4 Å². The Labute approximate surface area is 150 Å². The van der Waals surface area contributed by atoms with E-state index in [0.717, 1.165) is 14.7 Å². The van der Waals surface area contributed by atoms with Gasteiger partial charge in [-0.1, -0.05) is 0 Å². The average molecular weight is 503 g/mol. The minimum atomic E-state index is 0.726. The van der Waals surface area contributed by atoms with Gasteiger partial charge in [-0.3, -0.25) is 0 Å². The molecule has 23 heavy (non-hydrogen) atoms. The van der Waals surface area contributed by atoms with E-state index in [-0.39, 0.29) is 0 Å². The topological polar surface area (TPSA) is 109 Å². The van der Waals surface area contributed by atoms with Gasteiger partial charge in [0.15, 0.2) is 0 Å². The third-order valence-electron chi connectivity index (χ3n) is 1.34. The van der Waals surface area contributed by atoms with Gasteiger partial charge in [-0.15, -0.1) is 0 Å². The van der Waals surface area contributed by atoms with Crippen LogP contribution < -0.4 is 0 Å². The predicted octanol–water partition coefficient (Wildman–Crippen LogP) is 1.83. The molecule has 0 heterocycles. The van der Waals surface area contributed by atoms with Crippen LogP contribution in [-0.4, -0.2) is 11.2 Å². The Hall–Kier alpha value is -1.71. The molecule has 0 N–H and O–H groups in total. The molecular weight excluding hydrogens is 495 g/mol. The quantitative estimate of drug-likeness (QED) is 0.326. The maximum atomic E-state index is 7.50. The van der Waals surface area contributed by atoms with E-state index in [4.69, 9.17) is 39.6 Å². The van der Waals surface area contributed by atoms with Crippen molar-refractivity contribution in [2.75, 3.05) is 7.11 Å². The standard InChI is InChI=1S/C10H7ClO.5CO.W/c1-12-8-2-3-9-4-6-10(11)7-5-9;5*1-2;/h4-7H,1H3;;;;;;. The summed E-state index contributed by atoms with van der Waals surface area (Å²) in [7, 11) is 1.62. The molecular formula is C15H7ClO6W. The molecule has 0 fully saturated rings. The van der Waals surface area contributed by atoms with E-state index in [9.17, 15) is 0 Å². The summed E-state index contributed by atoms with van der Waals surface area (Å²) in [6.07, 6.45) is 0. The van der Waals surface area contributed by atoms with Crippen LogP contribution in [0.15, 0.2) is 24.3 Å². The van der Waals surface area contributed by atoms with Gasteiger partial charge in [0.25, 0.3) is 0 Å². The number of ether oxygens (including phenoxy) is 1. The Balaban J connectivity index is -0.0000000923. The van der Waals surface area contributed by atoms with Crippen molar-refractivity contribution in [3.8, 4) is 11.8 Å². The van der Waals surface area contributed by atoms with Crippen LogP contribution in [-0.2, 0) is 47.4 Å². The second-order valence-corrected chi connectivity index (χ2v) is 4.02. The molecule has 0 aromatic heterocycles. The number of hydrogen-bond acceptors (Lipinski definition) is 1. The maximum absolute atomic E-state index is 7.50. The fraction of sp³-hybridized carbons (Fsp3) is 0.0667. The number of halogens is 1. The zero-order valence-corrected chi connectivity index (χ0v) is 15.2. The minimum absolute atomic E-state index is 0.726. The van der Waals surface area contributed by atoms with Crippen molar-refractivity contribution in [1.82, 2.24) is 0 Å². The number of hydrogen-bond donors (Lipinski definition) is 0. The van der Waals surface area contributed by atoms with Crippen molar-refractivity contribution >= 4 is 15.7 Å². The number of methoxy groups -OCH3 is 1. The molecule has 1 aromatic rings. The van der Waals surface area contributed by atoms with Crippen molar-refractivity contribution in [2.24, 2.45) is 0 Å². The SMILES string of the molecule is CO[C](=[W])C#Cc1ccc(Cl)cc1.[C-]#[O+].[C-]#[O+].[C-]#[O+].[C-]#[O+].[C-]#[O+]. The molecule has 0 radical (unpaired) electrons. The van der Waals surface area contributed by atoms with Gasteiger partial charge in [-0.05, 0) is 0 Å². The fourth-order valence-corrected chi connectivity index (χ4v) is 1.02. The van der Waals surface area contributed by atoms with Crippen molar-refractivity contribution in [2.45, 2.75) is 0 Å². The van der Waals surface area contributed by atoms with E-state index in [0.29, 0.717) is 0 Å². The average Bonchev–Trinajstić information content (AvgIpc) is 2.69. The Morgan fingerprint density at radius 1 is 0.913 bits per heavy atom. The molecule has 0 aliphatic heterocycles. The molecule has 0 spiro atoms. The molecule has 1 rings (SSSR count). The summed E-state index contributed by atoms with van der Waals surface area (Å²) in [5, 5.41) is 0.726. The molecule has 0 unspecified atom stereocenters. The van der Waals surface area contributed by atoms with Gasteiger partial charge in [0.1, 0.15) is 0 Å². The summed E-state index contributed by atoms with van der Waals surface area (Å²) in [6.45, 7) is 22.5. The van der Waals surface area contributed by atoms with Crippen molar-refractivity contribution < 1.29 is 47.4 Å². The van der Waals surface area contributed by atoms with Gasteiger partial charge in [0.2, 0.25) is 0 Å². The Morgan fingerprint density at radius 2 is 1.26 bits per heavy atom. The van der Waals surface area contributed by atoms with Crippen LogP contribution in [0.25, 0.3) is 0 Å². The first kappa shape index (κ1) is 33.0. The normalized spacial score (nSPS) is 5.39. The first-order chi connectivity index (χ1) is 11.2. The predicted molar refractivity (Wildman–Crippen MR) is 70.0 cm³/mol. The third kappa shape index (κ3) is 29.0. The fourth-order valence-electron chi connectivity index (χ4n) is 0.707. The van der Waals surface area contributed by atoms with E-state index < -0.39 is 0 Å². The van der Waals surface area contributed by atoms with Crippen LogP contribution in [0, 0.1) is 45.1 Å². The van der Waals surface area contributed by atoms with Crippen LogP contribution in [0.5, 0.6) is 0 Å². The summed E-state index contributed by atoms with van der Waals surface area (Å²) in [4.78, 5) is 0. The third-order valence-corrected chi connectivity index (χ3v) is 2.56. The molecule has 8 heteroatoms. The Kier molecular flexibility index (Phi) is 53.1. The van der Waals surface area contributed by atoms with Crippen LogP contribution >= 0.6 is 11.6 Å². The van der Waals surface area contributed by atoms with Gasteiger partial charge in [-0.25, -0.2) is 0 Å². The zero-order chi connectivity index (χ0) is 19.7. The Morgan fingerprint density at radius 3 is 1.57 bits per heavy atom. The summed E-state index contributed by atoms with van der Waals surface area (Å²) in [5.41, 5.74) is 0.945. The van der Waals surface area contributed by atoms with Crippen LogP contribution in [0.3, 0.4) is 0 Å². The van der Waals surface area contributed by atoms with Crippen LogP contribution in [0.1, 0.15) is 5.56 Å². The molecule has 0 aliphatic carbocycles. The molecule has 0 atom stereocenters. The molecule has 1 aromatic carbocycles. The monoisotopic (exact) mass is 502 g/mol. The molecule has 0 amide bonds. The molecule has 6 nitrogen and oxygen atoms in total. The van der Waals surface area contributed by atoms with Crippen LogP contribution in [0.4, 0.5) is 0 Å². The molecule has 0 aliphatic rings. The molecule has 0 saturated heterocycles. The summed E-state index contributed by atoms with van der Waals surface area (Å²) in [6, 6.07) is 7.41. The van der Waals surface area contributed by atoms with Gasteiger partial charge in [0.05, 0.1) is 0 Å². The number of rotatable bonds is 1. The second kappa shape index (κ2) is 37.0. The summed E-state index contributed by atoms with van der Waals surface area (Å²) < 4.78 is 43.2. The Bertz CT molecular complexity index is 523. The van der Waals surface area contributed by atoms with Gasteiger partial charge in [-0.2, -0.15) is 0 Å². The summed E-state index contributed by atoms with van der Waals surface area (Å²) in [5.74, 6) is 5.88. The molecule has 0 bridgehead atoms. The zero-order valence-electron chi connectivity index (χ0n) is 11.5. The summed E-state index contributed by atoms with van der Waals surface area (Å²) >= 11 is 6.96. The first-order valence-corrected chi connectivity index (χ1v) is 6.44. The van der Waals surface area contributed by atoms with Gasteiger partial charge >= 0.3 is 150 Å². The second-order valence-electron chi connectivity index (χ2n) is 2.25. The molecule has 0 saturated carbocycles. The van der Waals surface area contributed by atoms with E-state index in [1.807, 2.05) is 24.3 Å². The van der Waals surface area contributed by atoms with Crippen molar-refractivity contribution in [3.63, 3.8) is 0 Å². The number of benzene rings is 1. The van der Waals surface area contributed by atoms with Gasteiger partial charge in [0, 0.05) is 0 Å². The van der Waals surface area contributed by atoms with Crippen LogP contribution in [0.2, 0.25) is 5.02 Å². The van der Waals surface area contributed by atoms with Crippen molar-refractivity contribution in [1.29, 1.82) is 0 Å². The first-order valence-electron chi connectivity index (χ1n) is 4.60. The van der Waals surface area contributed by atoms with E-state index >= 15 is 0 Å². The van der Waals surface area contributed by atoms with Crippen molar-refractivity contribution in [3.05, 3.63) is 68.1 Å². The van der Waals surface area contributed by atoms with E-state index in [2.05, 4.69) is 45.1 Å². The molecule has 116 valence electrons. The van der Waals surface area contributed by atoms with Gasteiger partial charge < -0.3 is 0 Å². The van der Waals surface area contributed by atoms with E-state index in [1.54, 1.807) is 7.11 Å².